The minimum atomic E-state index is -6.06. The summed E-state index contributed by atoms with van der Waals surface area (Å²) in [7, 11) is -10.9. The second kappa shape index (κ2) is 20.1. The van der Waals surface area contributed by atoms with Crippen LogP contribution in [0.15, 0.2) is 117 Å². The average Bonchev–Trinajstić information content (AvgIpc) is 3.77. The molecule has 62 heavy (non-hydrogen) atoms. The van der Waals surface area contributed by atoms with Crippen LogP contribution in [0, 0.1) is 0 Å². The van der Waals surface area contributed by atoms with Crippen molar-refractivity contribution in [3.05, 3.63) is 119 Å². The number of anilines is 2. The minimum absolute atomic E-state index is 0.214. The monoisotopic (exact) mass is 948 g/mol. The SMILES string of the molecule is O=C(NS(=O)(=O)c1ccc(N[C@H](CCN2CCOCC2)CSc2ccccc2)c(S(=O)(=O)C(F)(F)F)c1)c1csc(N2CCN(Cc3ccccc3-c3ccc(Cl)cc3)CC2)n1. The molecule has 0 saturated carbocycles. The van der Waals surface area contributed by atoms with Gasteiger partial charge in [-0.25, -0.2) is 26.5 Å². The Kier molecular flexibility index (Phi) is 14.8. The van der Waals surface area contributed by atoms with Crippen LogP contribution in [0.2, 0.25) is 5.02 Å². The van der Waals surface area contributed by atoms with Gasteiger partial charge in [-0.3, -0.25) is 14.6 Å². The van der Waals surface area contributed by atoms with Gasteiger partial charge in [-0.05, 0) is 65.6 Å². The summed E-state index contributed by atoms with van der Waals surface area (Å²) in [6.45, 7) is 6.27. The number of nitrogens with zero attached hydrogens (tertiary/aromatic N) is 4. The first-order valence-corrected chi connectivity index (χ1v) is 24.9. The van der Waals surface area contributed by atoms with E-state index in [1.54, 1.807) is 0 Å². The molecule has 330 valence electrons. The fourth-order valence-electron chi connectivity index (χ4n) is 7.08. The van der Waals surface area contributed by atoms with Gasteiger partial charge in [0.25, 0.3) is 25.8 Å². The van der Waals surface area contributed by atoms with Crippen molar-refractivity contribution < 1.29 is 39.5 Å². The summed E-state index contributed by atoms with van der Waals surface area (Å²) in [4.78, 5) is 22.9. The van der Waals surface area contributed by atoms with Crippen molar-refractivity contribution >= 4 is 71.3 Å². The number of rotatable bonds is 16. The number of hydrogen-bond acceptors (Lipinski definition) is 13. The lowest BCUT2D eigenvalue weighted by Gasteiger charge is -2.34. The first kappa shape index (κ1) is 45.8. The Morgan fingerprint density at radius 3 is 2.27 bits per heavy atom. The van der Waals surface area contributed by atoms with E-state index in [1.165, 1.54) is 17.1 Å². The van der Waals surface area contributed by atoms with Crippen molar-refractivity contribution in [3.8, 4) is 11.1 Å². The van der Waals surface area contributed by atoms with Gasteiger partial charge in [-0.1, -0.05) is 66.2 Å². The number of morpholine rings is 1. The molecule has 4 aromatic carbocycles. The van der Waals surface area contributed by atoms with Crippen molar-refractivity contribution in [1.29, 1.82) is 0 Å². The Labute approximate surface area is 372 Å². The highest BCUT2D eigenvalue weighted by Gasteiger charge is 2.48. The predicted octanol–water partition coefficient (Wildman–Crippen LogP) is 7.49. The lowest BCUT2D eigenvalue weighted by molar-refractivity contribution is -0.0435. The van der Waals surface area contributed by atoms with Gasteiger partial charge in [0, 0.05) is 79.5 Å². The quantitative estimate of drug-likeness (QED) is 0.0948. The van der Waals surface area contributed by atoms with Crippen LogP contribution in [0.1, 0.15) is 22.5 Å². The molecule has 0 aliphatic carbocycles. The number of piperazine rings is 1. The summed E-state index contributed by atoms with van der Waals surface area (Å²) >= 11 is 8.70. The maximum atomic E-state index is 14.1. The number of carbonyl (C=O) groups excluding carboxylic acids is 1. The molecule has 0 spiro atoms. The van der Waals surface area contributed by atoms with Gasteiger partial charge >= 0.3 is 5.51 Å². The van der Waals surface area contributed by atoms with Gasteiger partial charge in [0.2, 0.25) is 0 Å². The molecule has 0 bridgehead atoms. The minimum Gasteiger partial charge on any atom is -0.380 e. The molecule has 20 heteroatoms. The van der Waals surface area contributed by atoms with E-state index < -0.39 is 52.8 Å². The van der Waals surface area contributed by atoms with E-state index in [0.717, 1.165) is 45.1 Å². The summed E-state index contributed by atoms with van der Waals surface area (Å²) in [6.07, 6.45) is 0.437. The third kappa shape index (κ3) is 11.5. The van der Waals surface area contributed by atoms with Gasteiger partial charge in [0.1, 0.15) is 10.6 Å². The molecule has 3 heterocycles. The summed E-state index contributed by atoms with van der Waals surface area (Å²) in [5.74, 6) is -0.755. The first-order chi connectivity index (χ1) is 29.7. The second-order valence-corrected chi connectivity index (χ2v) is 20.7. The number of sulfonamides is 1. The maximum absolute atomic E-state index is 14.1. The van der Waals surface area contributed by atoms with Crippen LogP contribution in [-0.2, 0) is 31.1 Å². The standard InChI is InChI=1S/C42H44ClF3N6O6S4/c43-32-12-10-30(11-13-32)36-9-5-4-6-31(36)27-51-18-20-52(21-19-51)41-48-38(29-60-41)40(53)49-62(56,57)35-14-15-37(39(26-35)61(54,55)42(44,45)46)47-33(16-17-50-22-24-58-25-23-50)28-59-34-7-2-1-3-8-34/h1-15,26,29,33,47H,16-25,27-28H2,(H,49,53)/t33-/m1/s1. The smallest absolute Gasteiger partial charge is 0.380 e. The van der Waals surface area contributed by atoms with E-state index in [1.807, 2.05) is 76.4 Å². The van der Waals surface area contributed by atoms with Gasteiger partial charge in [-0.15, -0.1) is 23.1 Å². The Hall–Kier alpha value is -4.21. The maximum Gasteiger partial charge on any atom is 0.501 e. The summed E-state index contributed by atoms with van der Waals surface area (Å²) in [5, 5.41) is 5.53. The number of aromatic nitrogens is 1. The van der Waals surface area contributed by atoms with Crippen molar-refractivity contribution in [2.45, 2.75) is 39.2 Å². The van der Waals surface area contributed by atoms with Crippen molar-refractivity contribution in [2.24, 2.45) is 0 Å². The van der Waals surface area contributed by atoms with Gasteiger partial charge < -0.3 is 15.0 Å². The Bertz CT molecular complexity index is 2540. The summed E-state index contributed by atoms with van der Waals surface area (Å²) in [5.41, 5.74) is -3.04. The number of ether oxygens (including phenoxy) is 1. The molecule has 12 nitrogen and oxygen atoms in total. The number of thiazole rings is 1. The molecule has 1 aromatic heterocycles. The molecule has 2 aliphatic rings. The highest BCUT2D eigenvalue weighted by atomic mass is 35.5. The Morgan fingerprint density at radius 1 is 0.871 bits per heavy atom. The average molecular weight is 950 g/mol. The number of carbonyl (C=O) groups is 1. The lowest BCUT2D eigenvalue weighted by atomic mass is 9.99. The van der Waals surface area contributed by atoms with Crippen LogP contribution in [0.5, 0.6) is 0 Å². The van der Waals surface area contributed by atoms with Gasteiger partial charge in [-0.2, -0.15) is 13.2 Å². The Balaban J connectivity index is 1.03. The highest BCUT2D eigenvalue weighted by Crippen LogP contribution is 2.37. The molecule has 2 saturated heterocycles. The topological polar surface area (TPSA) is 141 Å². The molecule has 5 aromatic rings. The van der Waals surface area contributed by atoms with E-state index in [9.17, 15) is 34.8 Å². The molecule has 7 rings (SSSR count). The summed E-state index contributed by atoms with van der Waals surface area (Å²) in [6, 6.07) is 27.1. The molecular formula is C42H44ClF3N6O6S4. The molecule has 2 N–H and O–H groups in total. The van der Waals surface area contributed by atoms with Crippen molar-refractivity contribution in [1.82, 2.24) is 19.5 Å². The highest BCUT2D eigenvalue weighted by molar-refractivity contribution is 7.99. The molecule has 0 unspecified atom stereocenters. The fraction of sp³-hybridized carbons (Fsp3) is 0.333. The van der Waals surface area contributed by atoms with Crippen molar-refractivity contribution in [3.63, 3.8) is 0 Å². The van der Waals surface area contributed by atoms with Crippen molar-refractivity contribution in [2.75, 3.05) is 75.0 Å². The third-order valence-electron chi connectivity index (χ3n) is 10.5. The Morgan fingerprint density at radius 2 is 1.56 bits per heavy atom. The molecule has 2 fully saturated rings. The number of alkyl halides is 3. The molecular weight excluding hydrogens is 905 g/mol. The van der Waals surface area contributed by atoms with E-state index >= 15 is 0 Å². The number of hydrogen-bond donors (Lipinski definition) is 2. The second-order valence-electron chi connectivity index (χ2n) is 14.7. The van der Waals surface area contributed by atoms with Gasteiger partial charge in [0.15, 0.2) is 5.13 Å². The van der Waals surface area contributed by atoms with Crippen LogP contribution in [0.3, 0.4) is 0 Å². The zero-order chi connectivity index (χ0) is 43.9. The third-order valence-corrected chi connectivity index (χ3v) is 15.7. The van der Waals surface area contributed by atoms with Crippen LogP contribution >= 0.6 is 34.7 Å². The summed E-state index contributed by atoms with van der Waals surface area (Å²) < 4.78 is 103. The zero-order valence-corrected chi connectivity index (χ0v) is 37.3. The molecule has 0 radical (unpaired) electrons. The van der Waals surface area contributed by atoms with Crippen LogP contribution in [0.25, 0.3) is 11.1 Å². The van der Waals surface area contributed by atoms with E-state index in [4.69, 9.17) is 16.3 Å². The molecule has 1 atom stereocenters. The number of halogens is 4. The predicted molar refractivity (Wildman–Crippen MR) is 237 cm³/mol. The lowest BCUT2D eigenvalue weighted by Crippen LogP contribution is -2.46. The normalized spacial score (nSPS) is 16.2. The number of nitrogens with one attached hydrogen (secondary N) is 2. The largest absolute Gasteiger partial charge is 0.501 e. The first-order valence-electron chi connectivity index (χ1n) is 19.7. The van der Waals surface area contributed by atoms with Gasteiger partial charge in [0.05, 0.1) is 23.8 Å². The van der Waals surface area contributed by atoms with E-state index in [-0.39, 0.29) is 5.69 Å². The number of sulfone groups is 1. The van der Waals surface area contributed by atoms with Crippen LogP contribution in [-0.4, -0.2) is 114 Å². The van der Waals surface area contributed by atoms with Crippen LogP contribution in [0.4, 0.5) is 24.0 Å². The number of amides is 1. The number of thioether (sulfide) groups is 1. The zero-order valence-electron chi connectivity index (χ0n) is 33.3. The fourth-order valence-corrected chi connectivity index (χ4v) is 11.1. The molecule has 2 aliphatic heterocycles. The van der Waals surface area contributed by atoms with Crippen LogP contribution < -0.4 is 14.9 Å². The van der Waals surface area contributed by atoms with E-state index in [0.29, 0.717) is 94.0 Å². The number of benzene rings is 4. The molecule has 1 amide bonds. The van der Waals surface area contributed by atoms with E-state index in [2.05, 4.69) is 32.2 Å².